The molecule has 0 rings (SSSR count). The quantitative estimate of drug-likeness (QED) is 0.650. The van der Waals surface area contributed by atoms with Gasteiger partial charge in [-0.2, -0.15) is 0 Å². The smallest absolute Gasteiger partial charge is 0.0664 e. The fourth-order valence-corrected chi connectivity index (χ4v) is 0.597. The highest BCUT2D eigenvalue weighted by Crippen LogP contribution is 2.19. The summed E-state index contributed by atoms with van der Waals surface area (Å²) in [7, 11) is 1.65. The van der Waals surface area contributed by atoms with Crippen LogP contribution in [0.5, 0.6) is 0 Å². The molecule has 1 N–H and O–H groups in total. The topological polar surface area (TPSA) is 29.5 Å². The molecule has 0 aliphatic carbocycles. The Morgan fingerprint density at radius 2 is 2.00 bits per heavy atom. The Kier molecular flexibility index (Phi) is 3.91. The first-order valence-corrected chi connectivity index (χ1v) is 3.72. The monoisotopic (exact) mass is 146 g/mol. The number of rotatable bonds is 4. The van der Waals surface area contributed by atoms with E-state index in [-0.39, 0.29) is 0 Å². The van der Waals surface area contributed by atoms with Crippen LogP contribution in [0.25, 0.3) is 0 Å². The molecule has 0 amide bonds. The van der Waals surface area contributed by atoms with E-state index in [4.69, 9.17) is 4.74 Å². The molecule has 62 valence electrons. The molecule has 0 heterocycles. The summed E-state index contributed by atoms with van der Waals surface area (Å²) in [6.07, 6.45) is 0.709. The Morgan fingerprint density at radius 1 is 1.50 bits per heavy atom. The third kappa shape index (κ3) is 3.18. The molecule has 10 heavy (non-hydrogen) atoms. The van der Waals surface area contributed by atoms with E-state index in [1.54, 1.807) is 7.11 Å². The predicted octanol–water partition coefficient (Wildman–Crippen LogP) is 1.43. The van der Waals surface area contributed by atoms with Gasteiger partial charge in [0.1, 0.15) is 0 Å². The summed E-state index contributed by atoms with van der Waals surface area (Å²) in [5, 5.41) is 9.64. The summed E-state index contributed by atoms with van der Waals surface area (Å²) < 4.78 is 4.87. The van der Waals surface area contributed by atoms with Crippen molar-refractivity contribution >= 4 is 0 Å². The maximum absolute atomic E-state index is 9.64. The number of aliphatic hydroxyl groups is 1. The molecule has 0 saturated heterocycles. The van der Waals surface area contributed by atoms with Crippen molar-refractivity contribution in [1.82, 2.24) is 0 Å². The lowest BCUT2D eigenvalue weighted by molar-refractivity contribution is -0.0138. The number of hydrogen-bond acceptors (Lipinski definition) is 2. The van der Waals surface area contributed by atoms with Crippen LogP contribution in [0.3, 0.4) is 0 Å². The van der Waals surface area contributed by atoms with Crippen LogP contribution in [0.2, 0.25) is 0 Å². The number of ether oxygens (including phenoxy) is 1. The molecule has 0 aromatic carbocycles. The second-order valence-corrected chi connectivity index (χ2v) is 3.25. The van der Waals surface area contributed by atoms with Crippen LogP contribution < -0.4 is 0 Å². The van der Waals surface area contributed by atoms with Gasteiger partial charge in [0.05, 0.1) is 5.60 Å². The molecule has 0 aliphatic rings. The molecule has 2 heteroatoms. The summed E-state index contributed by atoms with van der Waals surface area (Å²) >= 11 is 0. The molecule has 0 aliphatic heterocycles. The lowest BCUT2D eigenvalue weighted by Gasteiger charge is -2.27. The summed E-state index contributed by atoms with van der Waals surface area (Å²) in [6.45, 7) is 6.49. The minimum atomic E-state index is -0.573. The fraction of sp³-hybridized carbons (Fsp3) is 1.00. The zero-order valence-corrected chi connectivity index (χ0v) is 7.35. The zero-order chi connectivity index (χ0) is 8.20. The van der Waals surface area contributed by atoms with Gasteiger partial charge in [-0.1, -0.05) is 13.8 Å². The van der Waals surface area contributed by atoms with Crippen molar-refractivity contribution in [3.8, 4) is 0 Å². The molecule has 0 aromatic rings. The van der Waals surface area contributed by atoms with E-state index in [0.29, 0.717) is 18.9 Å². The van der Waals surface area contributed by atoms with Crippen LogP contribution in [0.1, 0.15) is 27.2 Å². The van der Waals surface area contributed by atoms with Crippen LogP contribution in [-0.4, -0.2) is 24.4 Å². The highest BCUT2D eigenvalue weighted by Gasteiger charge is 2.23. The predicted molar refractivity (Wildman–Crippen MR) is 42.0 cm³/mol. The minimum Gasteiger partial charge on any atom is -0.390 e. The Morgan fingerprint density at radius 3 is 2.30 bits per heavy atom. The second-order valence-electron chi connectivity index (χ2n) is 3.25. The van der Waals surface area contributed by atoms with Crippen molar-refractivity contribution in [2.24, 2.45) is 5.92 Å². The molecular formula is C8H18O2. The van der Waals surface area contributed by atoms with Crippen molar-refractivity contribution in [2.45, 2.75) is 32.8 Å². The average Bonchev–Trinajstić information content (AvgIpc) is 1.84. The van der Waals surface area contributed by atoms with Gasteiger partial charge in [0.2, 0.25) is 0 Å². The molecule has 0 aromatic heterocycles. The maximum atomic E-state index is 9.64. The molecule has 2 nitrogen and oxygen atoms in total. The summed E-state index contributed by atoms with van der Waals surface area (Å²) in [5.41, 5.74) is -0.573. The van der Waals surface area contributed by atoms with E-state index in [1.807, 2.05) is 20.8 Å². The van der Waals surface area contributed by atoms with Crippen LogP contribution in [0.4, 0.5) is 0 Å². The van der Waals surface area contributed by atoms with Gasteiger partial charge in [0.15, 0.2) is 0 Å². The Hall–Kier alpha value is -0.0800. The molecule has 1 atom stereocenters. The van der Waals surface area contributed by atoms with E-state index < -0.39 is 5.60 Å². The van der Waals surface area contributed by atoms with Crippen molar-refractivity contribution in [2.75, 3.05) is 13.7 Å². The number of methoxy groups -OCH3 is 1. The molecule has 0 saturated carbocycles. The van der Waals surface area contributed by atoms with Gasteiger partial charge in [-0.15, -0.1) is 0 Å². The van der Waals surface area contributed by atoms with E-state index in [9.17, 15) is 5.11 Å². The lowest BCUT2D eigenvalue weighted by Crippen LogP contribution is -2.32. The average molecular weight is 146 g/mol. The SMILES string of the molecule is COCCC(C)(O)C(C)C. The van der Waals surface area contributed by atoms with Gasteiger partial charge in [-0.25, -0.2) is 0 Å². The maximum Gasteiger partial charge on any atom is 0.0664 e. The van der Waals surface area contributed by atoms with Crippen molar-refractivity contribution in [3.63, 3.8) is 0 Å². The first kappa shape index (κ1) is 9.92. The fourth-order valence-electron chi connectivity index (χ4n) is 0.597. The molecule has 0 bridgehead atoms. The Bertz CT molecular complexity index is 87.3. The molecule has 0 fully saturated rings. The van der Waals surface area contributed by atoms with Gasteiger partial charge in [-0.05, 0) is 19.3 Å². The molecular weight excluding hydrogens is 128 g/mol. The van der Waals surface area contributed by atoms with Crippen molar-refractivity contribution < 1.29 is 9.84 Å². The zero-order valence-electron chi connectivity index (χ0n) is 7.35. The highest BCUT2D eigenvalue weighted by atomic mass is 16.5. The number of hydrogen-bond donors (Lipinski definition) is 1. The van der Waals surface area contributed by atoms with Gasteiger partial charge in [0, 0.05) is 13.7 Å². The molecule has 1 unspecified atom stereocenters. The summed E-state index contributed by atoms with van der Waals surface area (Å²) in [5.74, 6) is 0.294. The van der Waals surface area contributed by atoms with E-state index >= 15 is 0 Å². The van der Waals surface area contributed by atoms with E-state index in [1.165, 1.54) is 0 Å². The third-order valence-corrected chi connectivity index (χ3v) is 2.06. The normalized spacial score (nSPS) is 17.4. The van der Waals surface area contributed by atoms with Crippen LogP contribution in [-0.2, 0) is 4.74 Å². The molecule has 0 spiro atoms. The third-order valence-electron chi connectivity index (χ3n) is 2.06. The van der Waals surface area contributed by atoms with Crippen molar-refractivity contribution in [3.05, 3.63) is 0 Å². The van der Waals surface area contributed by atoms with Gasteiger partial charge in [0.25, 0.3) is 0 Å². The highest BCUT2D eigenvalue weighted by molar-refractivity contribution is 4.75. The Labute approximate surface area is 63.2 Å². The Balaban J connectivity index is 3.63. The summed E-state index contributed by atoms with van der Waals surface area (Å²) in [4.78, 5) is 0. The first-order valence-electron chi connectivity index (χ1n) is 3.72. The lowest BCUT2D eigenvalue weighted by atomic mass is 9.90. The summed E-state index contributed by atoms with van der Waals surface area (Å²) in [6, 6.07) is 0. The molecule has 0 radical (unpaired) electrons. The van der Waals surface area contributed by atoms with Crippen molar-refractivity contribution in [1.29, 1.82) is 0 Å². The van der Waals surface area contributed by atoms with Crippen LogP contribution in [0.15, 0.2) is 0 Å². The van der Waals surface area contributed by atoms with E-state index in [2.05, 4.69) is 0 Å². The van der Waals surface area contributed by atoms with Gasteiger partial charge in [-0.3, -0.25) is 0 Å². The van der Waals surface area contributed by atoms with Gasteiger partial charge >= 0.3 is 0 Å². The first-order chi connectivity index (χ1) is 4.50. The van der Waals surface area contributed by atoms with E-state index in [0.717, 1.165) is 0 Å². The minimum absolute atomic E-state index is 0.294. The standard InChI is InChI=1S/C8H18O2/c1-7(2)8(3,9)5-6-10-4/h7,9H,5-6H2,1-4H3. The van der Waals surface area contributed by atoms with Crippen LogP contribution >= 0.6 is 0 Å². The largest absolute Gasteiger partial charge is 0.390 e. The van der Waals surface area contributed by atoms with Gasteiger partial charge < -0.3 is 9.84 Å². The van der Waals surface area contributed by atoms with Crippen LogP contribution in [0, 0.1) is 5.92 Å². The second kappa shape index (κ2) is 3.94.